The van der Waals surface area contributed by atoms with Gasteiger partial charge in [-0.25, -0.2) is 0 Å². The molecule has 0 atom stereocenters. The maximum atomic E-state index is 6.99. The fourth-order valence-corrected chi connectivity index (χ4v) is 9.48. The molecule has 0 aliphatic carbocycles. The lowest BCUT2D eigenvalue weighted by Crippen LogP contribution is -2.10. The van der Waals surface area contributed by atoms with Gasteiger partial charge in [0.05, 0.1) is 11.1 Å². The van der Waals surface area contributed by atoms with Crippen LogP contribution in [-0.2, 0) is 0 Å². The van der Waals surface area contributed by atoms with Gasteiger partial charge in [0.25, 0.3) is 0 Å². The van der Waals surface area contributed by atoms with E-state index in [1.165, 1.54) is 36.9 Å². The average Bonchev–Trinajstić information content (AvgIpc) is 3.86. The van der Waals surface area contributed by atoms with Crippen LogP contribution in [0.1, 0.15) is 0 Å². The van der Waals surface area contributed by atoms with Crippen LogP contribution < -0.4 is 4.90 Å². The van der Waals surface area contributed by atoms with Crippen LogP contribution in [0, 0.1) is 0 Å². The van der Waals surface area contributed by atoms with E-state index in [0.29, 0.717) is 0 Å². The molecule has 57 heavy (non-hydrogen) atoms. The van der Waals surface area contributed by atoms with Gasteiger partial charge >= 0.3 is 0 Å². The Morgan fingerprint density at radius 3 is 1.51 bits per heavy atom. The van der Waals surface area contributed by atoms with Crippen LogP contribution in [0.15, 0.2) is 217 Å². The Balaban J connectivity index is 1.16. The summed E-state index contributed by atoms with van der Waals surface area (Å²) < 4.78 is 9.52. The number of fused-ring (bicyclic) bond motifs is 6. The predicted molar refractivity (Wildman–Crippen MR) is 243 cm³/mol. The van der Waals surface area contributed by atoms with E-state index in [-0.39, 0.29) is 0 Å². The second kappa shape index (κ2) is 13.8. The van der Waals surface area contributed by atoms with E-state index >= 15 is 0 Å². The van der Waals surface area contributed by atoms with Crippen molar-refractivity contribution in [1.82, 2.24) is 0 Å². The molecule has 0 spiro atoms. The topological polar surface area (TPSA) is 16.4 Å². The number of hydrogen-bond donors (Lipinski definition) is 0. The highest BCUT2D eigenvalue weighted by Crippen LogP contribution is 2.48. The molecule has 9 aromatic carbocycles. The summed E-state index contributed by atoms with van der Waals surface area (Å²) in [5.74, 6) is 0. The molecule has 11 aromatic rings. The Morgan fingerprint density at radius 1 is 0.351 bits per heavy atom. The zero-order valence-electron chi connectivity index (χ0n) is 31.0. The van der Waals surface area contributed by atoms with Gasteiger partial charge in [0.1, 0.15) is 11.2 Å². The van der Waals surface area contributed by atoms with Crippen LogP contribution in [-0.4, -0.2) is 0 Å². The summed E-state index contributed by atoms with van der Waals surface area (Å²) >= 11 is 1.85. The van der Waals surface area contributed by atoms with Gasteiger partial charge in [0.2, 0.25) is 0 Å². The van der Waals surface area contributed by atoms with E-state index in [2.05, 4.69) is 217 Å². The fraction of sp³-hybridized carbons (Fsp3) is 0. The summed E-state index contributed by atoms with van der Waals surface area (Å²) in [6.45, 7) is 0. The molecule has 268 valence electrons. The number of furan rings is 1. The lowest BCUT2D eigenvalue weighted by molar-refractivity contribution is 0.670. The van der Waals surface area contributed by atoms with Crippen molar-refractivity contribution in [3.63, 3.8) is 0 Å². The summed E-state index contributed by atoms with van der Waals surface area (Å²) in [6.07, 6.45) is 0. The molecule has 0 unspecified atom stereocenters. The number of benzene rings is 9. The van der Waals surface area contributed by atoms with Crippen molar-refractivity contribution in [2.75, 3.05) is 4.90 Å². The van der Waals surface area contributed by atoms with Crippen molar-refractivity contribution in [3.8, 4) is 44.5 Å². The molecule has 0 bridgehead atoms. The quantitative estimate of drug-likeness (QED) is 0.162. The van der Waals surface area contributed by atoms with E-state index in [1.807, 2.05) is 11.3 Å². The molecule has 0 aliphatic rings. The number of anilines is 3. The summed E-state index contributed by atoms with van der Waals surface area (Å²) in [7, 11) is 0. The highest BCUT2D eigenvalue weighted by Gasteiger charge is 2.23. The maximum absolute atomic E-state index is 6.99. The first kappa shape index (κ1) is 33.2. The molecule has 0 saturated carbocycles. The molecule has 2 heterocycles. The summed E-state index contributed by atoms with van der Waals surface area (Å²) in [6, 6.07) is 76.2. The number of nitrogens with zero attached hydrogens (tertiary/aromatic N) is 1. The minimum absolute atomic E-state index is 0.864. The summed E-state index contributed by atoms with van der Waals surface area (Å²) in [5, 5.41) is 4.71. The van der Waals surface area contributed by atoms with E-state index in [9.17, 15) is 0 Å². The molecule has 2 nitrogen and oxygen atoms in total. The largest absolute Gasteiger partial charge is 0.455 e. The first-order chi connectivity index (χ1) is 28.2. The van der Waals surface area contributed by atoms with Crippen molar-refractivity contribution in [3.05, 3.63) is 212 Å². The Labute approximate surface area is 335 Å². The van der Waals surface area contributed by atoms with E-state index in [4.69, 9.17) is 4.42 Å². The number of thiophene rings is 1. The van der Waals surface area contributed by atoms with Crippen LogP contribution in [0.3, 0.4) is 0 Å². The van der Waals surface area contributed by atoms with Gasteiger partial charge in [0.15, 0.2) is 0 Å². The highest BCUT2D eigenvalue weighted by molar-refractivity contribution is 7.25. The molecule has 0 aliphatic heterocycles. The van der Waals surface area contributed by atoms with Crippen molar-refractivity contribution in [2.45, 2.75) is 0 Å². The predicted octanol–water partition coefficient (Wildman–Crippen LogP) is 16.1. The second-order valence-corrected chi connectivity index (χ2v) is 15.6. The minimum Gasteiger partial charge on any atom is -0.455 e. The molecule has 3 heteroatoms. The number of rotatable bonds is 7. The van der Waals surface area contributed by atoms with Gasteiger partial charge in [-0.1, -0.05) is 158 Å². The molecule has 0 N–H and O–H groups in total. The second-order valence-electron chi connectivity index (χ2n) is 14.5. The molecular formula is C54H35NOS. The van der Waals surface area contributed by atoms with E-state index < -0.39 is 0 Å². The van der Waals surface area contributed by atoms with Crippen LogP contribution in [0.25, 0.3) is 86.6 Å². The first-order valence-corrected chi connectivity index (χ1v) is 20.1. The van der Waals surface area contributed by atoms with Gasteiger partial charge in [-0.05, 0) is 93.5 Å². The monoisotopic (exact) mass is 745 g/mol. The molecule has 0 radical (unpaired) electrons. The molecule has 11 rings (SSSR count). The molecular weight excluding hydrogens is 711 g/mol. The normalized spacial score (nSPS) is 11.5. The van der Waals surface area contributed by atoms with Crippen molar-refractivity contribution >= 4 is 70.5 Å². The Morgan fingerprint density at radius 2 is 0.860 bits per heavy atom. The third-order valence-electron chi connectivity index (χ3n) is 11.1. The first-order valence-electron chi connectivity index (χ1n) is 19.3. The minimum atomic E-state index is 0.864. The SMILES string of the molecule is c1ccc(-c2cccc(N(c3ccc4c(c3)sc3cc(-c5ccccc5)ccc34)c3ccc(-c4ccccc4)c4oc5cc(-c6ccccc6)ccc5c34)c2)cc1. The van der Waals surface area contributed by atoms with Crippen LogP contribution in [0.2, 0.25) is 0 Å². The molecule has 0 fully saturated rings. The standard InChI is InChI=1S/C54H35NOS/c1-5-14-36(15-6-1)40-22-13-23-43(32-40)55(44-26-29-47-46-27-24-42(38-18-9-3-10-19-38)34-51(46)57-52(47)35-44)49-31-30-45(39-20-11-4-12-21-39)54-53(49)48-28-25-41(33-50(48)56-54)37-16-7-2-8-17-37/h1-35H. The molecule has 2 aromatic heterocycles. The van der Waals surface area contributed by atoms with Crippen molar-refractivity contribution < 1.29 is 4.42 Å². The Bertz CT molecular complexity index is 3220. The van der Waals surface area contributed by atoms with Gasteiger partial charge in [-0.15, -0.1) is 11.3 Å². The Hall–Kier alpha value is -7.20. The van der Waals surface area contributed by atoms with E-state index in [1.54, 1.807) is 0 Å². The highest BCUT2D eigenvalue weighted by atomic mass is 32.1. The van der Waals surface area contributed by atoms with Crippen LogP contribution in [0.5, 0.6) is 0 Å². The zero-order chi connectivity index (χ0) is 37.7. The van der Waals surface area contributed by atoms with Crippen LogP contribution in [0.4, 0.5) is 17.1 Å². The van der Waals surface area contributed by atoms with E-state index in [0.717, 1.165) is 66.8 Å². The summed E-state index contributed by atoms with van der Waals surface area (Å²) in [4.78, 5) is 2.42. The average molecular weight is 746 g/mol. The lowest BCUT2D eigenvalue weighted by Gasteiger charge is -2.27. The van der Waals surface area contributed by atoms with Gasteiger partial charge < -0.3 is 9.32 Å². The molecule has 0 amide bonds. The lowest BCUT2D eigenvalue weighted by atomic mass is 9.98. The maximum Gasteiger partial charge on any atom is 0.145 e. The summed E-state index contributed by atoms with van der Waals surface area (Å²) in [5.41, 5.74) is 14.3. The van der Waals surface area contributed by atoms with Gasteiger partial charge in [-0.3, -0.25) is 0 Å². The van der Waals surface area contributed by atoms with Crippen LogP contribution >= 0.6 is 11.3 Å². The number of hydrogen-bond acceptors (Lipinski definition) is 3. The van der Waals surface area contributed by atoms with Crippen molar-refractivity contribution in [2.24, 2.45) is 0 Å². The van der Waals surface area contributed by atoms with Gasteiger partial charge in [-0.2, -0.15) is 0 Å². The van der Waals surface area contributed by atoms with Gasteiger partial charge in [0, 0.05) is 42.5 Å². The third-order valence-corrected chi connectivity index (χ3v) is 12.2. The third kappa shape index (κ3) is 5.88. The molecule has 0 saturated heterocycles. The van der Waals surface area contributed by atoms with Crippen molar-refractivity contribution in [1.29, 1.82) is 0 Å². The smallest absolute Gasteiger partial charge is 0.145 e. The Kier molecular flexibility index (Phi) is 8.04. The zero-order valence-corrected chi connectivity index (χ0v) is 31.8. The fourth-order valence-electron chi connectivity index (χ4n) is 8.30.